The molecule has 1 saturated carbocycles. The van der Waals surface area contributed by atoms with Crippen molar-refractivity contribution < 1.29 is 4.74 Å². The molecule has 1 aliphatic rings. The quantitative estimate of drug-likeness (QED) is 0.822. The summed E-state index contributed by atoms with van der Waals surface area (Å²) in [6, 6.07) is 4.24. The Labute approximate surface area is 119 Å². The van der Waals surface area contributed by atoms with Crippen molar-refractivity contribution >= 4 is 31.9 Å². The van der Waals surface area contributed by atoms with E-state index >= 15 is 0 Å². The average Bonchev–Trinajstić information content (AvgIpc) is 3.07. The van der Waals surface area contributed by atoms with Crippen LogP contribution in [0.25, 0.3) is 0 Å². The third-order valence-corrected chi connectivity index (χ3v) is 3.98. The van der Waals surface area contributed by atoms with Crippen molar-refractivity contribution in [2.75, 3.05) is 13.2 Å². The van der Waals surface area contributed by atoms with Crippen LogP contribution in [0.3, 0.4) is 0 Å². The second-order valence-electron chi connectivity index (χ2n) is 4.40. The van der Waals surface area contributed by atoms with Gasteiger partial charge in [0.1, 0.15) is 5.75 Å². The Morgan fingerprint density at radius 2 is 1.94 bits per heavy atom. The molecule has 94 valence electrons. The first kappa shape index (κ1) is 13.4. The Balaban J connectivity index is 1.97. The minimum absolute atomic E-state index is 0.677. The van der Waals surface area contributed by atoms with E-state index in [1.807, 2.05) is 6.92 Å². The van der Waals surface area contributed by atoms with Crippen molar-refractivity contribution in [2.24, 2.45) is 5.92 Å². The van der Waals surface area contributed by atoms with Gasteiger partial charge in [0.15, 0.2) is 0 Å². The molecule has 1 aromatic rings. The molecule has 0 spiro atoms. The number of nitrogens with one attached hydrogen (secondary N) is 1. The van der Waals surface area contributed by atoms with Crippen LogP contribution in [0.15, 0.2) is 21.1 Å². The third kappa shape index (κ3) is 3.97. The molecule has 1 N–H and O–H groups in total. The predicted octanol–water partition coefficient (Wildman–Crippen LogP) is 4.11. The summed E-state index contributed by atoms with van der Waals surface area (Å²) in [6.45, 7) is 4.73. The molecule has 1 aromatic carbocycles. The lowest BCUT2D eigenvalue weighted by molar-refractivity contribution is 0.336. The van der Waals surface area contributed by atoms with Gasteiger partial charge in [0.2, 0.25) is 0 Å². The van der Waals surface area contributed by atoms with Crippen LogP contribution < -0.4 is 10.1 Å². The zero-order valence-corrected chi connectivity index (χ0v) is 13.1. The van der Waals surface area contributed by atoms with Gasteiger partial charge in [0.05, 0.1) is 15.6 Å². The first-order valence-electron chi connectivity index (χ1n) is 6.02. The van der Waals surface area contributed by atoms with Gasteiger partial charge in [0, 0.05) is 6.54 Å². The molecule has 2 nitrogen and oxygen atoms in total. The number of halogens is 2. The molecule has 0 unspecified atom stereocenters. The van der Waals surface area contributed by atoms with Gasteiger partial charge in [-0.3, -0.25) is 0 Å². The van der Waals surface area contributed by atoms with Gasteiger partial charge in [0.25, 0.3) is 0 Å². The first-order valence-corrected chi connectivity index (χ1v) is 7.60. The van der Waals surface area contributed by atoms with E-state index in [0.717, 1.165) is 33.7 Å². The van der Waals surface area contributed by atoms with Gasteiger partial charge in [-0.15, -0.1) is 0 Å². The van der Waals surface area contributed by atoms with Crippen LogP contribution in [0.4, 0.5) is 0 Å². The molecule has 1 aliphatic carbocycles. The van der Waals surface area contributed by atoms with Gasteiger partial charge in [-0.2, -0.15) is 0 Å². The van der Waals surface area contributed by atoms with Gasteiger partial charge in [-0.1, -0.05) is 0 Å². The van der Waals surface area contributed by atoms with Crippen LogP contribution >= 0.6 is 31.9 Å². The van der Waals surface area contributed by atoms with Crippen molar-refractivity contribution in [3.8, 4) is 5.75 Å². The van der Waals surface area contributed by atoms with Crippen LogP contribution in [0.1, 0.15) is 25.3 Å². The van der Waals surface area contributed by atoms with E-state index < -0.39 is 0 Å². The maximum atomic E-state index is 5.56. The second-order valence-corrected chi connectivity index (χ2v) is 6.10. The summed E-state index contributed by atoms with van der Waals surface area (Å²) in [7, 11) is 0. The molecular formula is C13H17Br2NO. The van der Waals surface area contributed by atoms with E-state index in [0.29, 0.717) is 6.61 Å². The molecule has 1 fully saturated rings. The number of hydrogen-bond acceptors (Lipinski definition) is 2. The molecular weight excluding hydrogens is 346 g/mol. The Hall–Kier alpha value is -0.0600. The normalized spacial score (nSPS) is 15.0. The van der Waals surface area contributed by atoms with E-state index in [9.17, 15) is 0 Å². The van der Waals surface area contributed by atoms with Crippen molar-refractivity contribution in [1.29, 1.82) is 0 Å². The summed E-state index contributed by atoms with van der Waals surface area (Å²) >= 11 is 7.10. The molecule has 0 saturated heterocycles. The molecule has 0 heterocycles. The molecule has 0 atom stereocenters. The molecule has 2 rings (SSSR count). The van der Waals surface area contributed by atoms with Gasteiger partial charge < -0.3 is 10.1 Å². The maximum absolute atomic E-state index is 5.56. The SMILES string of the molecule is CCOc1c(Br)cc(CNCC2CC2)cc1Br. The number of benzene rings is 1. The number of ether oxygens (including phenoxy) is 1. The summed E-state index contributed by atoms with van der Waals surface area (Å²) in [5.74, 6) is 1.81. The lowest BCUT2D eigenvalue weighted by Crippen LogP contribution is -2.16. The maximum Gasteiger partial charge on any atom is 0.147 e. The van der Waals surface area contributed by atoms with Crippen molar-refractivity contribution in [3.05, 3.63) is 26.6 Å². The molecule has 0 bridgehead atoms. The van der Waals surface area contributed by atoms with E-state index in [2.05, 4.69) is 49.3 Å². The second kappa shape index (κ2) is 6.21. The largest absolute Gasteiger partial charge is 0.492 e. The summed E-state index contributed by atoms with van der Waals surface area (Å²) in [5.41, 5.74) is 1.27. The summed E-state index contributed by atoms with van der Waals surface area (Å²) < 4.78 is 7.58. The molecule has 4 heteroatoms. The predicted molar refractivity (Wildman–Crippen MR) is 77.4 cm³/mol. The molecule has 0 aromatic heterocycles. The van der Waals surface area contributed by atoms with Gasteiger partial charge in [-0.25, -0.2) is 0 Å². The smallest absolute Gasteiger partial charge is 0.147 e. The van der Waals surface area contributed by atoms with E-state index in [-0.39, 0.29) is 0 Å². The fraction of sp³-hybridized carbons (Fsp3) is 0.538. The molecule has 0 amide bonds. The highest BCUT2D eigenvalue weighted by molar-refractivity contribution is 9.11. The highest BCUT2D eigenvalue weighted by atomic mass is 79.9. The standard InChI is InChI=1S/C13H17Br2NO/c1-2-17-13-11(14)5-10(6-12(13)15)8-16-7-9-3-4-9/h5-6,9,16H,2-4,7-8H2,1H3. The van der Waals surface area contributed by atoms with Crippen LogP contribution in [0.5, 0.6) is 5.75 Å². The summed E-state index contributed by atoms with van der Waals surface area (Å²) in [5, 5.41) is 3.49. The molecule has 17 heavy (non-hydrogen) atoms. The van der Waals surface area contributed by atoms with E-state index in [1.54, 1.807) is 0 Å². The van der Waals surface area contributed by atoms with Crippen LogP contribution in [0, 0.1) is 5.92 Å². The van der Waals surface area contributed by atoms with Crippen molar-refractivity contribution in [1.82, 2.24) is 5.32 Å². The van der Waals surface area contributed by atoms with Crippen LogP contribution in [-0.4, -0.2) is 13.2 Å². The minimum atomic E-state index is 0.677. The average molecular weight is 363 g/mol. The Morgan fingerprint density at radius 3 is 2.47 bits per heavy atom. The van der Waals surface area contributed by atoms with E-state index in [4.69, 9.17) is 4.74 Å². The first-order chi connectivity index (χ1) is 8.20. The van der Waals surface area contributed by atoms with Gasteiger partial charge in [-0.05, 0) is 81.8 Å². The fourth-order valence-electron chi connectivity index (χ4n) is 1.74. The lowest BCUT2D eigenvalue weighted by atomic mass is 10.2. The monoisotopic (exact) mass is 361 g/mol. The third-order valence-electron chi connectivity index (χ3n) is 2.81. The molecule has 0 aliphatic heterocycles. The van der Waals surface area contributed by atoms with Crippen molar-refractivity contribution in [3.63, 3.8) is 0 Å². The zero-order valence-electron chi connectivity index (χ0n) is 9.93. The Bertz CT molecular complexity index is 368. The topological polar surface area (TPSA) is 21.3 Å². The molecule has 0 radical (unpaired) electrons. The Kier molecular flexibility index (Phi) is 4.88. The van der Waals surface area contributed by atoms with E-state index in [1.165, 1.54) is 18.4 Å². The zero-order chi connectivity index (χ0) is 12.3. The number of hydrogen-bond donors (Lipinski definition) is 1. The minimum Gasteiger partial charge on any atom is -0.492 e. The van der Waals surface area contributed by atoms with Crippen molar-refractivity contribution in [2.45, 2.75) is 26.3 Å². The highest BCUT2D eigenvalue weighted by Crippen LogP contribution is 2.35. The fourth-order valence-corrected chi connectivity index (χ4v) is 3.25. The highest BCUT2D eigenvalue weighted by Gasteiger charge is 2.20. The Morgan fingerprint density at radius 1 is 1.29 bits per heavy atom. The van der Waals surface area contributed by atoms with Crippen LogP contribution in [0.2, 0.25) is 0 Å². The van der Waals surface area contributed by atoms with Crippen LogP contribution in [-0.2, 0) is 6.54 Å². The summed E-state index contributed by atoms with van der Waals surface area (Å²) in [6.07, 6.45) is 2.79. The van der Waals surface area contributed by atoms with Gasteiger partial charge >= 0.3 is 0 Å². The summed E-state index contributed by atoms with van der Waals surface area (Å²) in [4.78, 5) is 0. The number of rotatable bonds is 6. The lowest BCUT2D eigenvalue weighted by Gasteiger charge is -2.11.